The Morgan fingerprint density at radius 3 is 2.50 bits per heavy atom. The summed E-state index contributed by atoms with van der Waals surface area (Å²) in [4.78, 5) is 0. The van der Waals surface area contributed by atoms with E-state index in [1.807, 2.05) is 0 Å². The molecule has 0 aromatic heterocycles. The minimum atomic E-state index is 1.14. The van der Waals surface area contributed by atoms with E-state index in [0.29, 0.717) is 0 Å². The van der Waals surface area contributed by atoms with Crippen LogP contribution in [0.25, 0.3) is 28.1 Å². The lowest BCUT2D eigenvalue weighted by Crippen LogP contribution is -2.08. The molecular formula is C18H18. The third-order valence-corrected chi connectivity index (χ3v) is 3.78. The summed E-state index contributed by atoms with van der Waals surface area (Å²) in [5.41, 5.74) is 1.41. The Kier molecular flexibility index (Phi) is 2.79. The Morgan fingerprint density at radius 2 is 1.72 bits per heavy atom. The molecule has 90 valence electrons. The van der Waals surface area contributed by atoms with E-state index in [9.17, 15) is 0 Å². The van der Waals surface area contributed by atoms with Crippen molar-refractivity contribution >= 4 is 28.1 Å². The fraction of sp³-hybridized carbons (Fsp3) is 0.222. The van der Waals surface area contributed by atoms with Gasteiger partial charge in [0.15, 0.2) is 0 Å². The van der Waals surface area contributed by atoms with E-state index in [2.05, 4.69) is 56.0 Å². The normalized spacial score (nSPS) is 11.4. The van der Waals surface area contributed by atoms with Crippen molar-refractivity contribution in [3.8, 4) is 0 Å². The predicted octanol–water partition coefficient (Wildman–Crippen LogP) is 4.46. The predicted molar refractivity (Wildman–Crippen MR) is 80.8 cm³/mol. The minimum Gasteiger partial charge on any atom is -0.0909 e. The van der Waals surface area contributed by atoms with E-state index < -0.39 is 0 Å². The summed E-state index contributed by atoms with van der Waals surface area (Å²) < 4.78 is 0. The van der Waals surface area contributed by atoms with Crippen molar-refractivity contribution in [1.29, 1.82) is 0 Å². The van der Waals surface area contributed by atoms with Crippen LogP contribution in [0, 0.1) is 0 Å². The first-order valence-electron chi connectivity index (χ1n) is 6.73. The van der Waals surface area contributed by atoms with Gasteiger partial charge in [0, 0.05) is 0 Å². The molecule has 18 heavy (non-hydrogen) atoms. The van der Waals surface area contributed by atoms with Crippen LogP contribution in [0.2, 0.25) is 0 Å². The first-order valence-corrected chi connectivity index (χ1v) is 6.73. The van der Waals surface area contributed by atoms with Gasteiger partial charge in [-0.05, 0) is 45.2 Å². The summed E-state index contributed by atoms with van der Waals surface area (Å²) >= 11 is 0. The average Bonchev–Trinajstić information content (AvgIpc) is 2.41. The Labute approximate surface area is 108 Å². The summed E-state index contributed by atoms with van der Waals surface area (Å²) in [5, 5.41) is 6.56. The van der Waals surface area contributed by atoms with Gasteiger partial charge in [0.2, 0.25) is 0 Å². The third kappa shape index (κ3) is 1.69. The highest BCUT2D eigenvalue weighted by molar-refractivity contribution is 6.10. The highest BCUT2D eigenvalue weighted by Gasteiger charge is 2.05. The molecule has 0 aliphatic rings. The van der Waals surface area contributed by atoms with E-state index in [4.69, 9.17) is 0 Å². The molecule has 0 radical (unpaired) electrons. The lowest BCUT2D eigenvalue weighted by Gasteiger charge is -2.10. The zero-order valence-electron chi connectivity index (χ0n) is 10.9. The number of unbranched alkanes of at least 4 members (excludes halogenated alkanes) is 1. The van der Waals surface area contributed by atoms with Gasteiger partial charge in [0.05, 0.1) is 0 Å². The summed E-state index contributed by atoms with van der Waals surface area (Å²) in [5.74, 6) is 0. The van der Waals surface area contributed by atoms with Gasteiger partial charge in [-0.3, -0.25) is 0 Å². The van der Waals surface area contributed by atoms with Crippen molar-refractivity contribution in [2.24, 2.45) is 0 Å². The molecular weight excluding hydrogens is 216 g/mol. The summed E-state index contributed by atoms with van der Waals surface area (Å²) in [7, 11) is 0. The zero-order valence-corrected chi connectivity index (χ0v) is 10.9. The fourth-order valence-corrected chi connectivity index (χ4v) is 2.78. The maximum absolute atomic E-state index is 4.30. The summed E-state index contributed by atoms with van der Waals surface area (Å²) in [6.07, 6.45) is 3.61. The van der Waals surface area contributed by atoms with Crippen LogP contribution in [-0.4, -0.2) is 0 Å². The van der Waals surface area contributed by atoms with Gasteiger partial charge in [-0.1, -0.05) is 62.4 Å². The van der Waals surface area contributed by atoms with Gasteiger partial charge < -0.3 is 0 Å². The molecule has 0 fully saturated rings. The number of benzene rings is 3. The van der Waals surface area contributed by atoms with Crippen LogP contribution >= 0.6 is 0 Å². The second-order valence-electron chi connectivity index (χ2n) is 5.00. The van der Waals surface area contributed by atoms with E-state index in [0.717, 1.165) is 6.42 Å². The van der Waals surface area contributed by atoms with Crippen molar-refractivity contribution in [2.75, 3.05) is 0 Å². The number of rotatable bonds is 3. The van der Waals surface area contributed by atoms with Gasteiger partial charge in [0.1, 0.15) is 0 Å². The van der Waals surface area contributed by atoms with E-state index in [1.54, 1.807) is 0 Å². The highest BCUT2D eigenvalue weighted by Crippen LogP contribution is 2.25. The first kappa shape index (κ1) is 11.3. The fourth-order valence-electron chi connectivity index (χ4n) is 2.78. The molecule has 0 amide bonds. The Morgan fingerprint density at radius 1 is 1.00 bits per heavy atom. The van der Waals surface area contributed by atoms with Gasteiger partial charge in [-0.15, -0.1) is 0 Å². The SMILES string of the molecule is C=c1c(CCCC)cc2cccc3cccc1c32. The molecule has 0 bridgehead atoms. The van der Waals surface area contributed by atoms with Crippen LogP contribution in [0.15, 0.2) is 42.5 Å². The molecule has 3 aromatic carbocycles. The van der Waals surface area contributed by atoms with Crippen molar-refractivity contribution in [1.82, 2.24) is 0 Å². The average molecular weight is 234 g/mol. The topological polar surface area (TPSA) is 0 Å². The molecule has 3 aromatic rings. The molecule has 0 nitrogen and oxygen atoms in total. The third-order valence-electron chi connectivity index (χ3n) is 3.78. The van der Waals surface area contributed by atoms with Crippen LogP contribution < -0.4 is 5.22 Å². The molecule has 0 N–H and O–H groups in total. The second-order valence-corrected chi connectivity index (χ2v) is 5.00. The second kappa shape index (κ2) is 4.45. The molecule has 0 saturated heterocycles. The van der Waals surface area contributed by atoms with Crippen LogP contribution in [0.1, 0.15) is 25.3 Å². The highest BCUT2D eigenvalue weighted by atomic mass is 14.1. The molecule has 0 unspecified atom stereocenters. The lowest BCUT2D eigenvalue weighted by molar-refractivity contribution is 0.794. The standard InChI is InChI=1S/C18H18/c1-3-4-7-15-12-16-10-5-8-14-9-6-11-17(13(15)2)18(14)16/h5-6,8-12H,2-4,7H2,1H3. The van der Waals surface area contributed by atoms with Crippen LogP contribution in [0.4, 0.5) is 0 Å². The molecule has 0 heteroatoms. The van der Waals surface area contributed by atoms with Crippen molar-refractivity contribution < 1.29 is 0 Å². The first-order chi connectivity index (χ1) is 8.81. The lowest BCUT2D eigenvalue weighted by atomic mass is 9.94. The van der Waals surface area contributed by atoms with Gasteiger partial charge in [0.25, 0.3) is 0 Å². The maximum Gasteiger partial charge on any atom is -0.00329 e. The van der Waals surface area contributed by atoms with Crippen LogP contribution in [-0.2, 0) is 6.42 Å². The molecule has 0 heterocycles. The van der Waals surface area contributed by atoms with Crippen LogP contribution in [0.5, 0.6) is 0 Å². The molecule has 0 aliphatic heterocycles. The van der Waals surface area contributed by atoms with E-state index >= 15 is 0 Å². The van der Waals surface area contributed by atoms with Crippen LogP contribution in [0.3, 0.4) is 0 Å². The maximum atomic E-state index is 4.30. The van der Waals surface area contributed by atoms with Gasteiger partial charge >= 0.3 is 0 Å². The molecule has 0 aliphatic carbocycles. The monoisotopic (exact) mass is 234 g/mol. The van der Waals surface area contributed by atoms with Crippen molar-refractivity contribution in [2.45, 2.75) is 26.2 Å². The largest absolute Gasteiger partial charge is 0.0909 e. The molecule has 0 saturated carbocycles. The zero-order chi connectivity index (χ0) is 12.5. The van der Waals surface area contributed by atoms with Gasteiger partial charge in [-0.2, -0.15) is 0 Å². The number of hydrogen-bond donors (Lipinski definition) is 0. The van der Waals surface area contributed by atoms with Crippen molar-refractivity contribution in [3.63, 3.8) is 0 Å². The van der Waals surface area contributed by atoms with Crippen molar-refractivity contribution in [3.05, 3.63) is 53.2 Å². The number of aryl methyl sites for hydroxylation is 1. The summed E-state index contributed by atoms with van der Waals surface area (Å²) in [6, 6.07) is 15.4. The number of hydrogen-bond acceptors (Lipinski definition) is 0. The minimum absolute atomic E-state index is 1.14. The van der Waals surface area contributed by atoms with E-state index in [1.165, 1.54) is 45.2 Å². The van der Waals surface area contributed by atoms with E-state index in [-0.39, 0.29) is 0 Å². The molecule has 0 spiro atoms. The Bertz CT molecular complexity index is 732. The summed E-state index contributed by atoms with van der Waals surface area (Å²) in [6.45, 7) is 6.54. The Hall–Kier alpha value is -1.82. The van der Waals surface area contributed by atoms with Gasteiger partial charge in [-0.25, -0.2) is 0 Å². The smallest absolute Gasteiger partial charge is 0.00329 e. The molecule has 3 rings (SSSR count). The molecule has 0 atom stereocenters. The Balaban J connectivity index is 2.36. The quantitative estimate of drug-likeness (QED) is 0.627.